The monoisotopic (exact) mass is 264 g/mol. The van der Waals surface area contributed by atoms with Gasteiger partial charge in [-0.25, -0.2) is 0 Å². The maximum atomic E-state index is 12.1. The van der Waals surface area contributed by atoms with Crippen molar-refractivity contribution >= 4 is 11.9 Å². The van der Waals surface area contributed by atoms with Crippen LogP contribution in [0.2, 0.25) is 0 Å². The van der Waals surface area contributed by atoms with Crippen LogP contribution in [-0.2, 0) is 16.1 Å². The first-order chi connectivity index (χ1) is 8.91. The van der Waals surface area contributed by atoms with E-state index >= 15 is 0 Å². The molecule has 1 aromatic rings. The highest BCUT2D eigenvalue weighted by molar-refractivity contribution is 5.79. The van der Waals surface area contributed by atoms with Crippen molar-refractivity contribution in [2.75, 3.05) is 6.54 Å². The number of pyridine rings is 1. The quantitative estimate of drug-likeness (QED) is 0.850. The van der Waals surface area contributed by atoms with Crippen LogP contribution >= 0.6 is 0 Å². The van der Waals surface area contributed by atoms with E-state index in [1.54, 1.807) is 37.9 Å². The van der Waals surface area contributed by atoms with Crippen molar-refractivity contribution in [1.29, 1.82) is 0 Å². The van der Waals surface area contributed by atoms with Crippen molar-refractivity contribution in [3.05, 3.63) is 30.1 Å². The zero-order valence-corrected chi connectivity index (χ0v) is 11.5. The van der Waals surface area contributed by atoms with E-state index in [-0.39, 0.29) is 18.4 Å². The lowest BCUT2D eigenvalue weighted by Gasteiger charge is -2.26. The van der Waals surface area contributed by atoms with E-state index in [1.165, 1.54) is 0 Å². The van der Waals surface area contributed by atoms with Gasteiger partial charge in [-0.15, -0.1) is 0 Å². The largest absolute Gasteiger partial charge is 0.481 e. The molecule has 19 heavy (non-hydrogen) atoms. The van der Waals surface area contributed by atoms with Crippen molar-refractivity contribution in [2.24, 2.45) is 11.8 Å². The van der Waals surface area contributed by atoms with Gasteiger partial charge < -0.3 is 10.0 Å². The fourth-order valence-electron chi connectivity index (χ4n) is 1.69. The van der Waals surface area contributed by atoms with Gasteiger partial charge in [-0.05, 0) is 12.1 Å². The summed E-state index contributed by atoms with van der Waals surface area (Å²) in [6.45, 7) is 5.75. The fourth-order valence-corrected chi connectivity index (χ4v) is 1.69. The van der Waals surface area contributed by atoms with Crippen LogP contribution in [0.15, 0.2) is 24.4 Å². The van der Waals surface area contributed by atoms with E-state index in [0.29, 0.717) is 6.54 Å². The second kappa shape index (κ2) is 6.87. The standard InChI is InChI=1S/C14H20N2O3/c1-10(2)13(17)16(8-11(3)14(18)19)9-12-6-4-5-7-15-12/h4-7,10-11H,8-9H2,1-3H3,(H,18,19). The Balaban J connectivity index is 2.81. The van der Waals surface area contributed by atoms with Gasteiger partial charge in [-0.2, -0.15) is 0 Å². The Labute approximate surface area is 113 Å². The minimum Gasteiger partial charge on any atom is -0.481 e. The van der Waals surface area contributed by atoms with E-state index in [9.17, 15) is 9.59 Å². The van der Waals surface area contributed by atoms with Gasteiger partial charge in [0, 0.05) is 18.7 Å². The van der Waals surface area contributed by atoms with Gasteiger partial charge in [0.2, 0.25) is 5.91 Å². The lowest BCUT2D eigenvalue weighted by atomic mass is 10.1. The van der Waals surface area contributed by atoms with Gasteiger partial charge >= 0.3 is 5.97 Å². The summed E-state index contributed by atoms with van der Waals surface area (Å²) in [6.07, 6.45) is 1.66. The predicted octanol–water partition coefficient (Wildman–Crippen LogP) is 1.79. The summed E-state index contributed by atoms with van der Waals surface area (Å²) in [5.41, 5.74) is 0.758. The van der Waals surface area contributed by atoms with Crippen molar-refractivity contribution in [2.45, 2.75) is 27.3 Å². The molecule has 0 bridgehead atoms. The fraction of sp³-hybridized carbons (Fsp3) is 0.500. The van der Waals surface area contributed by atoms with Crippen LogP contribution in [0.25, 0.3) is 0 Å². The third kappa shape index (κ3) is 4.69. The Morgan fingerprint density at radius 3 is 2.47 bits per heavy atom. The molecule has 1 atom stereocenters. The normalized spacial score (nSPS) is 12.2. The van der Waals surface area contributed by atoms with E-state index in [4.69, 9.17) is 5.11 Å². The zero-order chi connectivity index (χ0) is 14.4. The van der Waals surface area contributed by atoms with Crippen molar-refractivity contribution in [3.63, 3.8) is 0 Å². The summed E-state index contributed by atoms with van der Waals surface area (Å²) >= 11 is 0. The van der Waals surface area contributed by atoms with Crippen LogP contribution in [0.4, 0.5) is 0 Å². The molecule has 1 amide bonds. The number of carboxylic acid groups (broad SMARTS) is 1. The van der Waals surface area contributed by atoms with Crippen molar-refractivity contribution in [3.8, 4) is 0 Å². The number of rotatable bonds is 6. The Hall–Kier alpha value is -1.91. The molecule has 1 heterocycles. The average Bonchev–Trinajstić information content (AvgIpc) is 2.37. The minimum atomic E-state index is -0.900. The predicted molar refractivity (Wildman–Crippen MR) is 71.3 cm³/mol. The van der Waals surface area contributed by atoms with Crippen LogP contribution in [0.3, 0.4) is 0 Å². The molecule has 5 nitrogen and oxygen atoms in total. The molecule has 1 unspecified atom stereocenters. The maximum absolute atomic E-state index is 12.1. The smallest absolute Gasteiger partial charge is 0.308 e. The summed E-state index contributed by atoms with van der Waals surface area (Å²) in [5.74, 6) is -1.71. The number of nitrogens with zero attached hydrogens (tertiary/aromatic N) is 2. The van der Waals surface area contributed by atoms with Gasteiger partial charge in [0.15, 0.2) is 0 Å². The number of amides is 1. The van der Waals surface area contributed by atoms with Crippen molar-refractivity contribution in [1.82, 2.24) is 9.88 Å². The second-order valence-electron chi connectivity index (χ2n) is 4.93. The van der Waals surface area contributed by atoms with Gasteiger partial charge in [-0.1, -0.05) is 26.8 Å². The number of carbonyl (C=O) groups is 2. The summed E-state index contributed by atoms with van der Waals surface area (Å²) in [6, 6.07) is 5.48. The lowest BCUT2D eigenvalue weighted by Crippen LogP contribution is -2.38. The van der Waals surface area contributed by atoms with Gasteiger partial charge in [0.1, 0.15) is 0 Å². The maximum Gasteiger partial charge on any atom is 0.308 e. The number of carboxylic acids is 1. The first-order valence-electron chi connectivity index (χ1n) is 6.33. The third-order valence-corrected chi connectivity index (χ3v) is 2.80. The summed E-state index contributed by atoms with van der Waals surface area (Å²) in [7, 11) is 0. The van der Waals surface area contributed by atoms with Gasteiger partial charge in [0.25, 0.3) is 0 Å². The molecule has 0 aliphatic rings. The van der Waals surface area contributed by atoms with Crippen LogP contribution in [0.5, 0.6) is 0 Å². The lowest BCUT2D eigenvalue weighted by molar-refractivity contribution is -0.144. The van der Waals surface area contributed by atoms with Gasteiger partial charge in [-0.3, -0.25) is 14.6 Å². The molecular weight excluding hydrogens is 244 g/mol. The van der Waals surface area contributed by atoms with Crippen molar-refractivity contribution < 1.29 is 14.7 Å². The Morgan fingerprint density at radius 2 is 2.00 bits per heavy atom. The molecule has 0 aliphatic heterocycles. The molecule has 0 radical (unpaired) electrons. The number of aromatic nitrogens is 1. The number of hydrogen-bond acceptors (Lipinski definition) is 3. The first kappa shape index (κ1) is 15.1. The molecule has 0 aliphatic carbocycles. The van der Waals surface area contributed by atoms with Crippen LogP contribution < -0.4 is 0 Å². The molecule has 1 N–H and O–H groups in total. The molecule has 5 heteroatoms. The molecular formula is C14H20N2O3. The van der Waals surface area contributed by atoms with E-state index in [2.05, 4.69) is 4.98 Å². The number of aliphatic carboxylic acids is 1. The third-order valence-electron chi connectivity index (χ3n) is 2.80. The highest BCUT2D eigenvalue weighted by atomic mass is 16.4. The Kier molecular flexibility index (Phi) is 5.48. The highest BCUT2D eigenvalue weighted by Gasteiger charge is 2.22. The molecule has 104 valence electrons. The SMILES string of the molecule is CC(C)C(=O)N(Cc1ccccn1)CC(C)C(=O)O. The average molecular weight is 264 g/mol. The van der Waals surface area contributed by atoms with E-state index in [1.807, 2.05) is 12.1 Å². The summed E-state index contributed by atoms with van der Waals surface area (Å²) in [4.78, 5) is 28.8. The summed E-state index contributed by atoms with van der Waals surface area (Å²) < 4.78 is 0. The first-order valence-corrected chi connectivity index (χ1v) is 6.33. The van der Waals surface area contributed by atoms with Crippen LogP contribution in [-0.4, -0.2) is 33.4 Å². The Bertz CT molecular complexity index is 432. The number of hydrogen-bond donors (Lipinski definition) is 1. The van der Waals surface area contributed by atoms with Gasteiger partial charge in [0.05, 0.1) is 18.2 Å². The molecule has 1 rings (SSSR count). The minimum absolute atomic E-state index is 0.0567. The Morgan fingerprint density at radius 1 is 1.32 bits per heavy atom. The molecule has 0 saturated heterocycles. The zero-order valence-electron chi connectivity index (χ0n) is 11.5. The molecule has 0 aromatic carbocycles. The molecule has 0 spiro atoms. The van der Waals surface area contributed by atoms with Crippen LogP contribution in [0.1, 0.15) is 26.5 Å². The molecule has 0 saturated carbocycles. The molecule has 0 fully saturated rings. The van der Waals surface area contributed by atoms with E-state index < -0.39 is 11.9 Å². The second-order valence-corrected chi connectivity index (χ2v) is 4.93. The number of carbonyl (C=O) groups excluding carboxylic acids is 1. The summed E-state index contributed by atoms with van der Waals surface area (Å²) in [5, 5.41) is 8.96. The molecule has 1 aromatic heterocycles. The highest BCUT2D eigenvalue weighted by Crippen LogP contribution is 2.10. The topological polar surface area (TPSA) is 70.5 Å². The van der Waals surface area contributed by atoms with Crippen LogP contribution in [0, 0.1) is 11.8 Å². The van der Waals surface area contributed by atoms with E-state index in [0.717, 1.165) is 5.69 Å².